The highest BCUT2D eigenvalue weighted by Gasteiger charge is 2.24. The Hall–Kier alpha value is -1.49. The van der Waals surface area contributed by atoms with Crippen LogP contribution < -0.4 is 4.90 Å². The van der Waals surface area contributed by atoms with Crippen LogP contribution in [0.3, 0.4) is 0 Å². The molecule has 17 heavy (non-hydrogen) atoms. The normalized spacial score (nSPS) is 11.9. The van der Waals surface area contributed by atoms with Crippen LogP contribution in [0.1, 0.15) is 6.92 Å². The Morgan fingerprint density at radius 1 is 1.29 bits per heavy atom. The zero-order valence-electron chi connectivity index (χ0n) is 10.0. The van der Waals surface area contributed by atoms with Gasteiger partial charge in [0, 0.05) is 17.6 Å². The van der Waals surface area contributed by atoms with Crippen molar-refractivity contribution in [2.24, 2.45) is 5.92 Å². The van der Waals surface area contributed by atoms with Crippen molar-refractivity contribution in [2.45, 2.75) is 11.8 Å². The molecule has 0 fully saturated rings. The summed E-state index contributed by atoms with van der Waals surface area (Å²) in [7, 11) is 1.58. The molecular weight excluding hydrogens is 238 g/mol. The third-order valence-corrected chi connectivity index (χ3v) is 3.27. The number of benzene rings is 1. The lowest BCUT2D eigenvalue weighted by molar-refractivity contribution is -0.145. The third kappa shape index (κ3) is 3.23. The number of hydrogen-bond acceptors (Lipinski definition) is 3. The van der Waals surface area contributed by atoms with Crippen LogP contribution in [-0.2, 0) is 9.59 Å². The number of carbonyl (C=O) groups is 2. The molecule has 1 unspecified atom stereocenters. The van der Waals surface area contributed by atoms with E-state index < -0.39 is 17.8 Å². The average molecular weight is 253 g/mol. The summed E-state index contributed by atoms with van der Waals surface area (Å²) in [6, 6.07) is 7.40. The van der Waals surface area contributed by atoms with Gasteiger partial charge in [-0.1, -0.05) is 0 Å². The van der Waals surface area contributed by atoms with Crippen LogP contribution in [-0.4, -0.2) is 30.3 Å². The predicted octanol–water partition coefficient (Wildman–Crippen LogP) is 2.09. The molecule has 0 saturated heterocycles. The minimum atomic E-state index is -1.11. The molecule has 0 aromatic heterocycles. The minimum absolute atomic E-state index is 0.422. The van der Waals surface area contributed by atoms with E-state index in [1.54, 1.807) is 30.9 Å². The smallest absolute Gasteiger partial charge is 0.315 e. The Kier molecular flexibility index (Phi) is 4.57. The average Bonchev–Trinajstić information content (AvgIpc) is 2.36. The van der Waals surface area contributed by atoms with Gasteiger partial charge < -0.3 is 10.0 Å². The van der Waals surface area contributed by atoms with Crippen molar-refractivity contribution in [1.29, 1.82) is 0 Å². The van der Waals surface area contributed by atoms with Crippen molar-refractivity contribution in [3.63, 3.8) is 0 Å². The minimum Gasteiger partial charge on any atom is -0.481 e. The predicted molar refractivity (Wildman–Crippen MR) is 68.4 cm³/mol. The van der Waals surface area contributed by atoms with Gasteiger partial charge in [0.2, 0.25) is 5.91 Å². The van der Waals surface area contributed by atoms with Crippen molar-refractivity contribution in [2.75, 3.05) is 18.2 Å². The molecule has 0 radical (unpaired) electrons. The first-order chi connectivity index (χ1) is 7.97. The second kappa shape index (κ2) is 5.72. The van der Waals surface area contributed by atoms with Crippen LogP contribution in [0, 0.1) is 5.92 Å². The number of nitrogens with zero attached hydrogens (tertiary/aromatic N) is 1. The van der Waals surface area contributed by atoms with E-state index in [2.05, 4.69) is 0 Å². The number of thioether (sulfide) groups is 1. The van der Waals surface area contributed by atoms with E-state index in [1.807, 2.05) is 18.4 Å². The highest BCUT2D eigenvalue weighted by molar-refractivity contribution is 7.98. The maximum Gasteiger partial charge on any atom is 0.315 e. The number of aliphatic carboxylic acids is 1. The first-order valence-corrected chi connectivity index (χ1v) is 6.34. The molecule has 1 aromatic rings. The van der Waals surface area contributed by atoms with E-state index >= 15 is 0 Å². The Morgan fingerprint density at radius 3 is 2.24 bits per heavy atom. The SMILES string of the molecule is CSc1ccc(N(C)C(=O)C(C)C(=O)O)cc1. The number of carboxylic acids is 1. The number of hydrogen-bond donors (Lipinski definition) is 1. The van der Waals surface area contributed by atoms with Crippen LogP contribution in [0.25, 0.3) is 0 Å². The molecule has 0 aliphatic rings. The van der Waals surface area contributed by atoms with Crippen molar-refractivity contribution >= 4 is 29.3 Å². The first kappa shape index (κ1) is 13.6. The molecule has 1 atom stereocenters. The third-order valence-electron chi connectivity index (χ3n) is 2.53. The fraction of sp³-hybridized carbons (Fsp3) is 0.333. The highest BCUT2D eigenvalue weighted by Crippen LogP contribution is 2.20. The summed E-state index contributed by atoms with van der Waals surface area (Å²) in [5, 5.41) is 8.78. The molecule has 0 aliphatic heterocycles. The maximum atomic E-state index is 11.8. The molecular formula is C12H15NO3S. The fourth-order valence-electron chi connectivity index (χ4n) is 1.33. The quantitative estimate of drug-likeness (QED) is 0.659. The van der Waals surface area contributed by atoms with Crippen LogP contribution in [0.2, 0.25) is 0 Å². The molecule has 0 aliphatic carbocycles. The summed E-state index contributed by atoms with van der Waals surface area (Å²) in [5.41, 5.74) is 0.695. The number of carboxylic acid groups (broad SMARTS) is 1. The first-order valence-electron chi connectivity index (χ1n) is 5.11. The maximum absolute atomic E-state index is 11.8. The lowest BCUT2D eigenvalue weighted by Crippen LogP contribution is -2.35. The number of carbonyl (C=O) groups excluding carboxylic acids is 1. The van der Waals surface area contributed by atoms with Gasteiger partial charge in [0.25, 0.3) is 0 Å². The molecule has 0 saturated carbocycles. The Labute approximate surface area is 105 Å². The van der Waals surface area contributed by atoms with E-state index in [0.717, 1.165) is 4.90 Å². The summed E-state index contributed by atoms with van der Waals surface area (Å²) in [6.07, 6.45) is 1.97. The van der Waals surface area contributed by atoms with Crippen LogP contribution in [0.15, 0.2) is 29.2 Å². The monoisotopic (exact) mass is 253 g/mol. The largest absolute Gasteiger partial charge is 0.481 e. The van der Waals surface area contributed by atoms with E-state index in [0.29, 0.717) is 5.69 Å². The van der Waals surface area contributed by atoms with Gasteiger partial charge in [-0.3, -0.25) is 9.59 Å². The Balaban J connectivity index is 2.84. The van der Waals surface area contributed by atoms with Crippen molar-refractivity contribution < 1.29 is 14.7 Å². The van der Waals surface area contributed by atoms with Gasteiger partial charge >= 0.3 is 5.97 Å². The Bertz CT molecular complexity index is 416. The van der Waals surface area contributed by atoms with Crippen LogP contribution in [0.5, 0.6) is 0 Å². The topological polar surface area (TPSA) is 57.6 Å². The fourth-order valence-corrected chi connectivity index (χ4v) is 1.74. The van der Waals surface area contributed by atoms with E-state index in [1.165, 1.54) is 11.8 Å². The van der Waals surface area contributed by atoms with Gasteiger partial charge in [-0.15, -0.1) is 11.8 Å². The van der Waals surface area contributed by atoms with E-state index in [4.69, 9.17) is 5.11 Å². The van der Waals surface area contributed by atoms with Gasteiger partial charge in [0.1, 0.15) is 5.92 Å². The lowest BCUT2D eigenvalue weighted by Gasteiger charge is -2.19. The van der Waals surface area contributed by atoms with Gasteiger partial charge in [0.05, 0.1) is 0 Å². The van der Waals surface area contributed by atoms with Crippen LogP contribution in [0.4, 0.5) is 5.69 Å². The lowest BCUT2D eigenvalue weighted by atomic mass is 10.1. The molecule has 1 N–H and O–H groups in total. The molecule has 0 spiro atoms. The molecule has 4 nitrogen and oxygen atoms in total. The zero-order chi connectivity index (χ0) is 13.0. The van der Waals surface area contributed by atoms with E-state index in [9.17, 15) is 9.59 Å². The molecule has 1 rings (SSSR count). The van der Waals surface area contributed by atoms with Gasteiger partial charge in [0.15, 0.2) is 0 Å². The Morgan fingerprint density at radius 2 is 1.82 bits per heavy atom. The molecule has 0 bridgehead atoms. The van der Waals surface area contributed by atoms with Crippen molar-refractivity contribution in [1.82, 2.24) is 0 Å². The highest BCUT2D eigenvalue weighted by atomic mass is 32.2. The summed E-state index contributed by atoms with van der Waals surface area (Å²) in [4.78, 5) is 25.0. The molecule has 1 aromatic carbocycles. The summed E-state index contributed by atoms with van der Waals surface area (Å²) in [5.74, 6) is -2.56. The van der Waals surface area contributed by atoms with Gasteiger partial charge in [-0.25, -0.2) is 0 Å². The van der Waals surface area contributed by atoms with Crippen molar-refractivity contribution in [3.05, 3.63) is 24.3 Å². The van der Waals surface area contributed by atoms with Crippen molar-refractivity contribution in [3.8, 4) is 0 Å². The standard InChI is InChI=1S/C12H15NO3S/c1-8(12(15)16)11(14)13(2)9-4-6-10(17-3)7-5-9/h4-8H,1-3H3,(H,15,16). The molecule has 92 valence electrons. The zero-order valence-corrected chi connectivity index (χ0v) is 10.8. The van der Waals surface area contributed by atoms with Gasteiger partial charge in [-0.2, -0.15) is 0 Å². The molecule has 5 heteroatoms. The van der Waals surface area contributed by atoms with E-state index in [-0.39, 0.29) is 0 Å². The summed E-state index contributed by atoms with van der Waals surface area (Å²) < 4.78 is 0. The number of anilines is 1. The van der Waals surface area contributed by atoms with Crippen LogP contribution >= 0.6 is 11.8 Å². The second-order valence-corrected chi connectivity index (χ2v) is 4.53. The number of rotatable bonds is 4. The molecule has 1 amide bonds. The van der Waals surface area contributed by atoms with Gasteiger partial charge in [-0.05, 0) is 37.4 Å². The number of amides is 1. The summed E-state index contributed by atoms with van der Waals surface area (Å²) in [6.45, 7) is 1.39. The molecule has 0 heterocycles. The second-order valence-electron chi connectivity index (χ2n) is 3.66. The summed E-state index contributed by atoms with van der Waals surface area (Å²) >= 11 is 1.61.